The summed E-state index contributed by atoms with van der Waals surface area (Å²) in [6.07, 6.45) is 0.926. The zero-order chi connectivity index (χ0) is 12.5. The summed E-state index contributed by atoms with van der Waals surface area (Å²) in [6.45, 7) is 4.51. The minimum atomic E-state index is -0.462. The lowest BCUT2D eigenvalue weighted by molar-refractivity contribution is -0.138. The van der Waals surface area contributed by atoms with E-state index in [1.807, 2.05) is 32.0 Å². The number of ether oxygens (including phenoxy) is 3. The molecule has 1 aromatic carbocycles. The molecule has 1 atom stereocenters. The summed E-state index contributed by atoms with van der Waals surface area (Å²) in [6, 6.07) is 5.96. The van der Waals surface area contributed by atoms with Gasteiger partial charge in [-0.1, -0.05) is 15.9 Å². The molecular weight excluding hydrogens is 284 g/mol. The molecule has 0 aromatic heterocycles. The minimum Gasteiger partial charge on any atom is -0.497 e. The van der Waals surface area contributed by atoms with Gasteiger partial charge in [0.25, 0.3) is 0 Å². The van der Waals surface area contributed by atoms with E-state index in [1.165, 1.54) is 5.56 Å². The average Bonchev–Trinajstić information content (AvgIpc) is 2.61. The summed E-state index contributed by atoms with van der Waals surface area (Å²) in [5.41, 5.74) is 1.18. The molecule has 0 bridgehead atoms. The van der Waals surface area contributed by atoms with Gasteiger partial charge >= 0.3 is 0 Å². The van der Waals surface area contributed by atoms with Crippen molar-refractivity contribution < 1.29 is 14.2 Å². The van der Waals surface area contributed by atoms with Gasteiger partial charge in [-0.15, -0.1) is 0 Å². The Morgan fingerprint density at radius 1 is 1.47 bits per heavy atom. The predicted molar refractivity (Wildman–Crippen MR) is 69.3 cm³/mol. The van der Waals surface area contributed by atoms with Crippen LogP contribution in [0.2, 0.25) is 0 Å². The smallest absolute Gasteiger partial charge is 0.163 e. The maximum atomic E-state index is 5.80. The molecule has 4 heteroatoms. The summed E-state index contributed by atoms with van der Waals surface area (Å²) in [5, 5.41) is 0. The van der Waals surface area contributed by atoms with Crippen molar-refractivity contribution in [2.75, 3.05) is 13.7 Å². The first-order valence-corrected chi connectivity index (χ1v) is 6.44. The molecule has 1 saturated heterocycles. The van der Waals surface area contributed by atoms with E-state index in [9.17, 15) is 0 Å². The van der Waals surface area contributed by atoms with Crippen LogP contribution in [0.3, 0.4) is 0 Å². The fourth-order valence-electron chi connectivity index (χ4n) is 1.94. The topological polar surface area (TPSA) is 27.7 Å². The van der Waals surface area contributed by atoms with Crippen LogP contribution in [0.15, 0.2) is 22.7 Å². The Bertz CT molecular complexity index is 404. The van der Waals surface area contributed by atoms with E-state index in [-0.39, 0.29) is 6.10 Å². The summed E-state index contributed by atoms with van der Waals surface area (Å²) >= 11 is 3.54. The van der Waals surface area contributed by atoms with Crippen LogP contribution < -0.4 is 4.74 Å². The molecule has 1 heterocycles. The Balaban J connectivity index is 2.08. The number of rotatable bonds is 3. The molecule has 1 unspecified atom stereocenters. The lowest BCUT2D eigenvalue weighted by atomic mass is 10.1. The monoisotopic (exact) mass is 300 g/mol. The third-order valence-corrected chi connectivity index (χ3v) is 3.54. The highest BCUT2D eigenvalue weighted by atomic mass is 79.9. The Hall–Kier alpha value is -0.580. The molecule has 1 aromatic rings. The van der Waals surface area contributed by atoms with E-state index in [0.29, 0.717) is 6.61 Å². The average molecular weight is 301 g/mol. The van der Waals surface area contributed by atoms with Crippen LogP contribution in [0.4, 0.5) is 0 Å². The summed E-state index contributed by atoms with van der Waals surface area (Å²) in [5.74, 6) is 0.400. The molecule has 2 rings (SSSR count). The first-order valence-electron chi connectivity index (χ1n) is 5.64. The van der Waals surface area contributed by atoms with Crippen molar-refractivity contribution in [3.05, 3.63) is 28.2 Å². The molecular formula is C13H17BrO3. The van der Waals surface area contributed by atoms with Crippen molar-refractivity contribution in [2.45, 2.75) is 32.2 Å². The molecule has 17 heavy (non-hydrogen) atoms. The van der Waals surface area contributed by atoms with Gasteiger partial charge in [-0.05, 0) is 37.6 Å². The Morgan fingerprint density at radius 3 is 2.82 bits per heavy atom. The lowest BCUT2D eigenvalue weighted by Gasteiger charge is -2.17. The highest BCUT2D eigenvalue weighted by Crippen LogP contribution is 2.28. The molecule has 0 saturated carbocycles. The van der Waals surface area contributed by atoms with Gasteiger partial charge in [-0.3, -0.25) is 0 Å². The van der Waals surface area contributed by atoms with Gasteiger partial charge in [0.15, 0.2) is 5.79 Å². The zero-order valence-corrected chi connectivity index (χ0v) is 11.9. The Kier molecular flexibility index (Phi) is 3.76. The maximum absolute atomic E-state index is 5.80. The largest absolute Gasteiger partial charge is 0.497 e. The number of benzene rings is 1. The van der Waals surface area contributed by atoms with Crippen molar-refractivity contribution in [1.82, 2.24) is 0 Å². The van der Waals surface area contributed by atoms with E-state index in [4.69, 9.17) is 14.2 Å². The van der Waals surface area contributed by atoms with Gasteiger partial charge in [0.1, 0.15) is 5.75 Å². The van der Waals surface area contributed by atoms with Crippen LogP contribution in [0.5, 0.6) is 5.75 Å². The van der Waals surface area contributed by atoms with Crippen molar-refractivity contribution in [3.8, 4) is 5.75 Å². The number of methoxy groups -OCH3 is 1. The van der Waals surface area contributed by atoms with E-state index < -0.39 is 5.79 Å². The van der Waals surface area contributed by atoms with E-state index >= 15 is 0 Å². The Labute approximate surface area is 110 Å². The van der Waals surface area contributed by atoms with Gasteiger partial charge in [0.2, 0.25) is 0 Å². The molecule has 0 N–H and O–H groups in total. The van der Waals surface area contributed by atoms with Crippen LogP contribution in [0.1, 0.15) is 19.4 Å². The molecule has 1 aliphatic rings. The van der Waals surface area contributed by atoms with E-state index in [1.54, 1.807) is 7.11 Å². The first-order chi connectivity index (χ1) is 8.00. The van der Waals surface area contributed by atoms with E-state index in [0.717, 1.165) is 16.6 Å². The quantitative estimate of drug-likeness (QED) is 0.858. The number of hydrogen-bond acceptors (Lipinski definition) is 3. The first kappa shape index (κ1) is 12.9. The summed E-state index contributed by atoms with van der Waals surface area (Å²) < 4.78 is 17.6. The summed E-state index contributed by atoms with van der Waals surface area (Å²) in [7, 11) is 1.67. The van der Waals surface area contributed by atoms with Gasteiger partial charge in [-0.25, -0.2) is 0 Å². The fraction of sp³-hybridized carbons (Fsp3) is 0.538. The normalized spacial score (nSPS) is 22.7. The van der Waals surface area contributed by atoms with Gasteiger partial charge < -0.3 is 14.2 Å². The van der Waals surface area contributed by atoms with Gasteiger partial charge in [0.05, 0.1) is 19.8 Å². The number of halogens is 1. The van der Waals surface area contributed by atoms with Gasteiger partial charge in [0, 0.05) is 10.9 Å². The van der Waals surface area contributed by atoms with E-state index in [2.05, 4.69) is 15.9 Å². The van der Waals surface area contributed by atoms with Crippen molar-refractivity contribution >= 4 is 15.9 Å². The van der Waals surface area contributed by atoms with Crippen LogP contribution >= 0.6 is 15.9 Å². The summed E-state index contributed by atoms with van der Waals surface area (Å²) in [4.78, 5) is 0. The third-order valence-electron chi connectivity index (χ3n) is 2.77. The molecule has 0 radical (unpaired) electrons. The van der Waals surface area contributed by atoms with Crippen LogP contribution in [0.25, 0.3) is 0 Å². The second-order valence-corrected chi connectivity index (χ2v) is 5.47. The maximum Gasteiger partial charge on any atom is 0.163 e. The van der Waals surface area contributed by atoms with Crippen molar-refractivity contribution in [2.24, 2.45) is 0 Å². The highest BCUT2D eigenvalue weighted by Gasteiger charge is 2.32. The molecule has 0 spiro atoms. The van der Waals surface area contributed by atoms with Crippen molar-refractivity contribution in [3.63, 3.8) is 0 Å². The highest BCUT2D eigenvalue weighted by molar-refractivity contribution is 9.10. The number of hydrogen-bond donors (Lipinski definition) is 0. The molecule has 0 aliphatic carbocycles. The second kappa shape index (κ2) is 4.96. The molecule has 1 fully saturated rings. The molecule has 3 nitrogen and oxygen atoms in total. The molecule has 0 amide bonds. The zero-order valence-electron chi connectivity index (χ0n) is 10.3. The minimum absolute atomic E-state index is 0.105. The predicted octanol–water partition coefficient (Wildman–Crippen LogP) is 3.15. The van der Waals surface area contributed by atoms with Crippen LogP contribution in [-0.4, -0.2) is 25.6 Å². The van der Waals surface area contributed by atoms with Gasteiger partial charge in [-0.2, -0.15) is 0 Å². The standard InChI is InChI=1S/C13H17BrO3/c1-13(2)16-8-11(17-13)7-9-6-10(15-3)4-5-12(9)14/h4-6,11H,7-8H2,1-3H3. The lowest BCUT2D eigenvalue weighted by Crippen LogP contribution is -2.22. The molecule has 1 aliphatic heterocycles. The van der Waals surface area contributed by atoms with Crippen LogP contribution in [0, 0.1) is 0 Å². The fourth-order valence-corrected chi connectivity index (χ4v) is 2.35. The van der Waals surface area contributed by atoms with Crippen molar-refractivity contribution in [1.29, 1.82) is 0 Å². The molecule has 94 valence electrons. The second-order valence-electron chi connectivity index (χ2n) is 4.61. The Morgan fingerprint density at radius 2 is 2.24 bits per heavy atom. The van der Waals surface area contributed by atoms with Crippen LogP contribution in [-0.2, 0) is 15.9 Å². The third kappa shape index (κ3) is 3.21. The SMILES string of the molecule is COc1ccc(Br)c(CC2COC(C)(C)O2)c1.